The number of unbranched alkanes of at least 4 members (excludes halogenated alkanes) is 1. The van der Waals surface area contributed by atoms with Crippen molar-refractivity contribution < 1.29 is 13.9 Å². The number of carbonyl (C=O) groups excluding carboxylic acids is 1. The zero-order chi connectivity index (χ0) is 13.7. The number of aryl methyl sites for hydroxylation is 1. The molecule has 0 saturated heterocycles. The van der Waals surface area contributed by atoms with Gasteiger partial charge in [0.2, 0.25) is 5.91 Å². The van der Waals surface area contributed by atoms with Crippen LogP contribution in [0.3, 0.4) is 0 Å². The van der Waals surface area contributed by atoms with Gasteiger partial charge in [-0.3, -0.25) is 4.79 Å². The van der Waals surface area contributed by atoms with Crippen LogP contribution in [0.25, 0.3) is 11.0 Å². The van der Waals surface area contributed by atoms with Gasteiger partial charge in [-0.05, 0) is 37.6 Å². The maximum Gasteiger partial charge on any atom is 0.250 e. The highest BCUT2D eigenvalue weighted by Crippen LogP contribution is 2.22. The van der Waals surface area contributed by atoms with E-state index < -0.39 is 0 Å². The van der Waals surface area contributed by atoms with E-state index in [1.807, 2.05) is 31.2 Å². The summed E-state index contributed by atoms with van der Waals surface area (Å²) >= 11 is 0. The second-order valence-corrected chi connectivity index (χ2v) is 4.56. The van der Waals surface area contributed by atoms with Gasteiger partial charge in [0.1, 0.15) is 18.0 Å². The lowest BCUT2D eigenvalue weighted by molar-refractivity contribution is -0.120. The number of fused-ring (bicyclic) bond motifs is 1. The number of hydrogen-bond donors (Lipinski definition) is 1. The first-order valence-corrected chi connectivity index (χ1v) is 6.57. The van der Waals surface area contributed by atoms with Crippen LogP contribution in [0.5, 0.6) is 0 Å². The quantitative estimate of drug-likeness (QED) is 0.810. The Kier molecular flexibility index (Phi) is 4.58. The zero-order valence-electron chi connectivity index (χ0n) is 11.4. The van der Waals surface area contributed by atoms with E-state index in [2.05, 4.69) is 12.2 Å². The second kappa shape index (κ2) is 6.38. The van der Waals surface area contributed by atoms with Crippen LogP contribution in [0.2, 0.25) is 0 Å². The van der Waals surface area contributed by atoms with Gasteiger partial charge >= 0.3 is 0 Å². The Morgan fingerprint density at radius 3 is 3.00 bits per heavy atom. The van der Waals surface area contributed by atoms with Crippen molar-refractivity contribution in [3.63, 3.8) is 0 Å². The normalized spacial score (nSPS) is 10.8. The first kappa shape index (κ1) is 13.6. The van der Waals surface area contributed by atoms with Gasteiger partial charge in [-0.1, -0.05) is 13.3 Å². The van der Waals surface area contributed by atoms with Crippen molar-refractivity contribution in [1.29, 1.82) is 0 Å². The van der Waals surface area contributed by atoms with Crippen LogP contribution in [0.4, 0.5) is 5.69 Å². The molecule has 1 aromatic heterocycles. The Bertz CT molecular complexity index is 560. The third-order valence-electron chi connectivity index (χ3n) is 2.80. The summed E-state index contributed by atoms with van der Waals surface area (Å²) in [6.07, 6.45) is 2.05. The first-order chi connectivity index (χ1) is 9.19. The number of carbonyl (C=O) groups is 1. The second-order valence-electron chi connectivity index (χ2n) is 4.56. The third kappa shape index (κ3) is 3.83. The fourth-order valence-corrected chi connectivity index (χ4v) is 1.86. The molecule has 0 radical (unpaired) electrons. The summed E-state index contributed by atoms with van der Waals surface area (Å²) in [6.45, 7) is 4.72. The van der Waals surface area contributed by atoms with Crippen LogP contribution in [0.15, 0.2) is 28.7 Å². The molecule has 0 unspecified atom stereocenters. The topological polar surface area (TPSA) is 51.5 Å². The summed E-state index contributed by atoms with van der Waals surface area (Å²) in [5.41, 5.74) is 1.59. The number of hydrogen-bond acceptors (Lipinski definition) is 3. The molecule has 0 aliphatic rings. The summed E-state index contributed by atoms with van der Waals surface area (Å²) in [5.74, 6) is 0.733. The Morgan fingerprint density at radius 1 is 1.37 bits per heavy atom. The minimum Gasteiger partial charge on any atom is -0.461 e. The predicted octanol–water partition coefficient (Wildman–Crippen LogP) is 3.50. The van der Waals surface area contributed by atoms with E-state index in [0.29, 0.717) is 6.61 Å². The average Bonchev–Trinajstić information content (AvgIpc) is 2.74. The van der Waals surface area contributed by atoms with Crippen LogP contribution >= 0.6 is 0 Å². The maximum atomic E-state index is 11.7. The molecule has 4 nitrogen and oxygen atoms in total. The van der Waals surface area contributed by atoms with Gasteiger partial charge in [-0.25, -0.2) is 0 Å². The molecular formula is C15H19NO3. The van der Waals surface area contributed by atoms with Crippen molar-refractivity contribution in [2.75, 3.05) is 18.5 Å². The largest absolute Gasteiger partial charge is 0.461 e. The maximum absolute atomic E-state index is 11.7. The number of ether oxygens (including phenoxy) is 1. The fourth-order valence-electron chi connectivity index (χ4n) is 1.86. The van der Waals surface area contributed by atoms with Crippen LogP contribution in [0, 0.1) is 6.92 Å². The first-order valence-electron chi connectivity index (χ1n) is 6.57. The molecule has 2 rings (SSSR count). The number of benzene rings is 1. The lowest BCUT2D eigenvalue weighted by Crippen LogP contribution is -2.18. The van der Waals surface area contributed by atoms with E-state index in [4.69, 9.17) is 9.15 Å². The Morgan fingerprint density at radius 2 is 2.21 bits per heavy atom. The highest BCUT2D eigenvalue weighted by atomic mass is 16.5. The number of anilines is 1. The van der Waals surface area contributed by atoms with E-state index in [1.165, 1.54) is 0 Å². The molecule has 0 aliphatic carbocycles. The Balaban J connectivity index is 1.91. The summed E-state index contributed by atoms with van der Waals surface area (Å²) in [4.78, 5) is 11.7. The molecular weight excluding hydrogens is 242 g/mol. The molecule has 0 spiro atoms. The number of nitrogens with one attached hydrogen (secondary N) is 1. The molecule has 0 fully saturated rings. The monoisotopic (exact) mass is 261 g/mol. The van der Waals surface area contributed by atoms with E-state index in [0.717, 1.165) is 35.3 Å². The van der Waals surface area contributed by atoms with Crippen LogP contribution in [-0.4, -0.2) is 19.1 Å². The van der Waals surface area contributed by atoms with Crippen molar-refractivity contribution in [2.45, 2.75) is 26.7 Å². The van der Waals surface area contributed by atoms with E-state index in [9.17, 15) is 4.79 Å². The molecule has 1 amide bonds. The molecule has 0 saturated carbocycles. The number of amides is 1. The Hall–Kier alpha value is -1.81. The molecule has 1 aromatic carbocycles. The molecule has 102 valence electrons. The molecule has 0 bridgehead atoms. The SMILES string of the molecule is CCCCOCC(=O)Nc1ccc2oc(C)cc2c1. The van der Waals surface area contributed by atoms with E-state index in [1.54, 1.807) is 0 Å². The van der Waals surface area contributed by atoms with E-state index in [-0.39, 0.29) is 12.5 Å². The van der Waals surface area contributed by atoms with Gasteiger partial charge < -0.3 is 14.5 Å². The highest BCUT2D eigenvalue weighted by molar-refractivity contribution is 5.94. The van der Waals surface area contributed by atoms with Crippen molar-refractivity contribution in [2.24, 2.45) is 0 Å². The summed E-state index contributed by atoms with van der Waals surface area (Å²) < 4.78 is 10.8. The van der Waals surface area contributed by atoms with Gasteiger partial charge in [0.15, 0.2) is 0 Å². The summed E-state index contributed by atoms with van der Waals surface area (Å²) in [6, 6.07) is 7.53. The van der Waals surface area contributed by atoms with Gasteiger partial charge in [-0.15, -0.1) is 0 Å². The van der Waals surface area contributed by atoms with E-state index >= 15 is 0 Å². The molecule has 19 heavy (non-hydrogen) atoms. The Labute approximate surface area is 112 Å². The van der Waals surface area contributed by atoms with Crippen molar-refractivity contribution in [1.82, 2.24) is 0 Å². The third-order valence-corrected chi connectivity index (χ3v) is 2.80. The number of rotatable bonds is 6. The van der Waals surface area contributed by atoms with Gasteiger partial charge in [0, 0.05) is 17.7 Å². The van der Waals surface area contributed by atoms with Gasteiger partial charge in [0.05, 0.1) is 0 Å². The summed E-state index contributed by atoms with van der Waals surface area (Å²) in [5, 5.41) is 3.80. The van der Waals surface area contributed by atoms with Crippen molar-refractivity contribution in [3.05, 3.63) is 30.0 Å². The highest BCUT2D eigenvalue weighted by Gasteiger charge is 2.05. The van der Waals surface area contributed by atoms with Crippen molar-refractivity contribution >= 4 is 22.6 Å². The molecule has 1 N–H and O–H groups in total. The lowest BCUT2D eigenvalue weighted by Gasteiger charge is -2.05. The van der Waals surface area contributed by atoms with Crippen LogP contribution in [0.1, 0.15) is 25.5 Å². The molecule has 4 heteroatoms. The zero-order valence-corrected chi connectivity index (χ0v) is 11.4. The molecule has 0 aliphatic heterocycles. The van der Waals surface area contributed by atoms with Gasteiger partial charge in [-0.2, -0.15) is 0 Å². The lowest BCUT2D eigenvalue weighted by atomic mass is 10.2. The minimum absolute atomic E-state index is 0.0997. The fraction of sp³-hybridized carbons (Fsp3) is 0.400. The molecule has 2 aromatic rings. The van der Waals surface area contributed by atoms with Crippen molar-refractivity contribution in [3.8, 4) is 0 Å². The van der Waals surface area contributed by atoms with Crippen LogP contribution in [-0.2, 0) is 9.53 Å². The molecule has 0 atom stereocenters. The number of furan rings is 1. The average molecular weight is 261 g/mol. The summed E-state index contributed by atoms with van der Waals surface area (Å²) in [7, 11) is 0. The standard InChI is InChI=1S/C15H19NO3/c1-3-4-7-18-10-15(17)16-13-5-6-14-12(9-13)8-11(2)19-14/h5-6,8-9H,3-4,7,10H2,1-2H3,(H,16,17). The minimum atomic E-state index is -0.129. The van der Waals surface area contributed by atoms with Gasteiger partial charge in [0.25, 0.3) is 0 Å². The molecule has 1 heterocycles. The smallest absolute Gasteiger partial charge is 0.250 e. The van der Waals surface area contributed by atoms with Crippen LogP contribution < -0.4 is 5.32 Å². The predicted molar refractivity (Wildman–Crippen MR) is 75.3 cm³/mol.